The van der Waals surface area contributed by atoms with E-state index in [1.54, 1.807) is 6.33 Å². The Morgan fingerprint density at radius 2 is 2.04 bits per heavy atom. The lowest BCUT2D eigenvalue weighted by Gasteiger charge is -2.08. The first-order chi connectivity index (χ1) is 13.0. The molecule has 0 bridgehead atoms. The Hall–Kier alpha value is -2.56. The lowest BCUT2D eigenvalue weighted by molar-refractivity contribution is 0.0967. The van der Waals surface area contributed by atoms with Gasteiger partial charge < -0.3 is 9.88 Å². The van der Waals surface area contributed by atoms with Gasteiger partial charge in [0.15, 0.2) is 0 Å². The molecule has 27 heavy (non-hydrogen) atoms. The summed E-state index contributed by atoms with van der Waals surface area (Å²) in [6.07, 6.45) is 2.37. The number of carbonyl (C=O) groups is 1. The van der Waals surface area contributed by atoms with Crippen LogP contribution in [0.25, 0.3) is 0 Å². The van der Waals surface area contributed by atoms with Gasteiger partial charge in [-0.25, -0.2) is 13.1 Å². The number of hydrogen-bond acceptors (Lipinski definition) is 6. The van der Waals surface area contributed by atoms with Crippen LogP contribution in [-0.2, 0) is 29.5 Å². The summed E-state index contributed by atoms with van der Waals surface area (Å²) < 4.78 is 29.2. The highest BCUT2D eigenvalue weighted by molar-refractivity contribution is 7.89. The van der Waals surface area contributed by atoms with Crippen molar-refractivity contribution < 1.29 is 13.2 Å². The van der Waals surface area contributed by atoms with Crippen LogP contribution in [0.4, 0.5) is 0 Å². The summed E-state index contributed by atoms with van der Waals surface area (Å²) in [4.78, 5) is 12.0. The maximum atomic E-state index is 12.4. The molecule has 0 saturated carbocycles. The second-order valence-corrected chi connectivity index (χ2v) is 8.40. The van der Waals surface area contributed by atoms with Crippen LogP contribution in [0.2, 0.25) is 0 Å². The van der Waals surface area contributed by atoms with Crippen molar-refractivity contribution >= 4 is 27.3 Å². The van der Waals surface area contributed by atoms with E-state index in [1.807, 2.05) is 34.9 Å². The van der Waals surface area contributed by atoms with Crippen molar-refractivity contribution in [2.24, 2.45) is 0 Å². The average Bonchev–Trinajstić information content (AvgIpc) is 3.35. The molecule has 1 amide bonds. The second kappa shape index (κ2) is 8.42. The Bertz CT molecular complexity index is 1010. The smallest absolute Gasteiger partial charge is 0.261 e. The van der Waals surface area contributed by atoms with Gasteiger partial charge in [0.2, 0.25) is 10.0 Å². The minimum Gasteiger partial charge on any atom is -0.354 e. The number of thiophene rings is 1. The first-order valence-electron chi connectivity index (χ1n) is 8.20. The molecule has 3 rings (SSSR count). The number of nitrogens with one attached hydrogen (secondary N) is 2. The zero-order valence-electron chi connectivity index (χ0n) is 14.6. The second-order valence-electron chi connectivity index (χ2n) is 5.73. The molecule has 2 N–H and O–H groups in total. The Labute approximate surface area is 161 Å². The van der Waals surface area contributed by atoms with Crippen LogP contribution in [0.1, 0.15) is 21.1 Å². The fourth-order valence-corrected chi connectivity index (χ4v) is 4.64. The minimum atomic E-state index is -3.74. The number of amides is 1. The van der Waals surface area contributed by atoms with Gasteiger partial charge in [0.25, 0.3) is 5.91 Å². The van der Waals surface area contributed by atoms with Crippen molar-refractivity contribution in [3.8, 4) is 0 Å². The largest absolute Gasteiger partial charge is 0.354 e. The molecule has 1 aromatic carbocycles. The topological polar surface area (TPSA) is 106 Å². The van der Waals surface area contributed by atoms with Gasteiger partial charge in [-0.3, -0.25) is 4.79 Å². The van der Waals surface area contributed by atoms with Gasteiger partial charge in [0, 0.05) is 19.0 Å². The van der Waals surface area contributed by atoms with E-state index in [0.29, 0.717) is 17.2 Å². The van der Waals surface area contributed by atoms with E-state index in [-0.39, 0.29) is 17.3 Å². The molecule has 0 radical (unpaired) electrons. The molecular weight excluding hydrogens is 386 g/mol. The maximum Gasteiger partial charge on any atom is 0.261 e. The highest BCUT2D eigenvalue weighted by Gasteiger charge is 2.19. The molecule has 0 spiro atoms. The number of sulfonamides is 1. The zero-order chi connectivity index (χ0) is 19.3. The lowest BCUT2D eigenvalue weighted by Crippen LogP contribution is -2.25. The van der Waals surface area contributed by atoms with Crippen LogP contribution in [0.3, 0.4) is 0 Å². The highest BCUT2D eigenvalue weighted by Crippen LogP contribution is 2.19. The van der Waals surface area contributed by atoms with E-state index in [2.05, 4.69) is 20.2 Å². The number of aryl methyl sites for hydroxylation is 2. The number of nitrogens with zero attached hydrogens (tertiary/aromatic N) is 3. The van der Waals surface area contributed by atoms with Gasteiger partial charge in [0.1, 0.15) is 12.2 Å². The van der Waals surface area contributed by atoms with Crippen LogP contribution in [0.15, 0.2) is 53.0 Å². The van der Waals surface area contributed by atoms with Crippen LogP contribution in [0.5, 0.6) is 0 Å². The van der Waals surface area contributed by atoms with Crippen molar-refractivity contribution in [2.75, 3.05) is 7.05 Å². The van der Waals surface area contributed by atoms with Crippen molar-refractivity contribution in [1.29, 1.82) is 0 Å². The number of aromatic nitrogens is 3. The molecule has 0 unspecified atom stereocenters. The summed E-state index contributed by atoms with van der Waals surface area (Å²) >= 11 is 1.08. The van der Waals surface area contributed by atoms with E-state index in [0.717, 1.165) is 17.8 Å². The third-order valence-electron chi connectivity index (χ3n) is 3.94. The van der Waals surface area contributed by atoms with Gasteiger partial charge in [0.05, 0.1) is 16.3 Å². The quantitative estimate of drug-likeness (QED) is 0.590. The van der Waals surface area contributed by atoms with Gasteiger partial charge >= 0.3 is 0 Å². The summed E-state index contributed by atoms with van der Waals surface area (Å²) in [7, 11) is -2.25. The van der Waals surface area contributed by atoms with Crippen molar-refractivity contribution in [2.45, 2.75) is 24.4 Å². The van der Waals surface area contributed by atoms with Crippen molar-refractivity contribution in [1.82, 2.24) is 24.8 Å². The zero-order valence-corrected chi connectivity index (χ0v) is 16.3. The van der Waals surface area contributed by atoms with Crippen molar-refractivity contribution in [3.05, 3.63) is 64.4 Å². The summed E-state index contributed by atoms with van der Waals surface area (Å²) in [5, 5.41) is 11.8. The highest BCUT2D eigenvalue weighted by atomic mass is 32.2. The number of benzene rings is 1. The maximum absolute atomic E-state index is 12.4. The molecule has 0 aliphatic carbocycles. The minimum absolute atomic E-state index is 0.0161. The summed E-state index contributed by atoms with van der Waals surface area (Å²) in [5.41, 5.74) is 1.18. The van der Waals surface area contributed by atoms with Crippen molar-refractivity contribution in [3.63, 3.8) is 0 Å². The molecule has 0 aliphatic heterocycles. The molecular formula is C17H19N5O3S2. The Morgan fingerprint density at radius 1 is 1.26 bits per heavy atom. The van der Waals surface area contributed by atoms with Gasteiger partial charge in [-0.15, -0.1) is 21.5 Å². The third-order valence-corrected chi connectivity index (χ3v) is 6.40. The average molecular weight is 406 g/mol. The standard InChI is InChI=1S/C17H19N5O3S2/c1-18-17(23)15-9-14(11-26-15)27(24,25)20-10-16-21-19-12-22(16)8-7-13-5-3-2-4-6-13/h2-6,9,11-12,20H,7-8,10H2,1H3,(H,18,23). The van der Waals surface area contributed by atoms with Gasteiger partial charge in [-0.05, 0) is 18.1 Å². The Balaban J connectivity index is 1.64. The van der Waals surface area contributed by atoms with Crippen LogP contribution >= 0.6 is 11.3 Å². The molecule has 0 fully saturated rings. The first-order valence-corrected chi connectivity index (χ1v) is 10.6. The lowest BCUT2D eigenvalue weighted by atomic mass is 10.1. The number of rotatable bonds is 8. The van der Waals surface area contributed by atoms with Gasteiger partial charge in [-0.2, -0.15) is 0 Å². The van der Waals surface area contributed by atoms with Gasteiger partial charge in [-0.1, -0.05) is 30.3 Å². The molecule has 0 saturated heterocycles. The first kappa shape index (κ1) is 19.2. The predicted octanol–water partition coefficient (Wildman–Crippen LogP) is 1.42. The fourth-order valence-electron chi connectivity index (χ4n) is 2.44. The SMILES string of the molecule is CNC(=O)c1cc(S(=O)(=O)NCc2nncn2CCc2ccccc2)cs1. The monoisotopic (exact) mass is 405 g/mol. The summed E-state index contributed by atoms with van der Waals surface area (Å²) in [5.74, 6) is 0.207. The van der Waals surface area contributed by atoms with E-state index in [9.17, 15) is 13.2 Å². The van der Waals surface area contributed by atoms with E-state index in [4.69, 9.17) is 0 Å². The third kappa shape index (κ3) is 4.79. The molecule has 2 aromatic heterocycles. The molecule has 3 aromatic rings. The molecule has 8 nitrogen and oxygen atoms in total. The molecule has 2 heterocycles. The van der Waals surface area contributed by atoms with Crippen LogP contribution in [0, 0.1) is 0 Å². The fraction of sp³-hybridized carbons (Fsp3) is 0.235. The van der Waals surface area contributed by atoms with E-state index in [1.165, 1.54) is 24.1 Å². The van der Waals surface area contributed by atoms with E-state index < -0.39 is 10.0 Å². The summed E-state index contributed by atoms with van der Waals surface area (Å²) in [6.45, 7) is 0.662. The molecule has 142 valence electrons. The molecule has 10 heteroatoms. The molecule has 0 atom stereocenters. The predicted molar refractivity (Wildman–Crippen MR) is 102 cm³/mol. The van der Waals surface area contributed by atoms with Crippen LogP contribution < -0.4 is 10.0 Å². The summed E-state index contributed by atoms with van der Waals surface area (Å²) in [6, 6.07) is 11.3. The Morgan fingerprint density at radius 3 is 2.78 bits per heavy atom. The van der Waals surface area contributed by atoms with Crippen LogP contribution in [-0.4, -0.2) is 36.1 Å². The molecule has 0 aliphatic rings. The normalized spacial score (nSPS) is 11.4. The Kier molecular flexibility index (Phi) is 5.99. The van der Waals surface area contributed by atoms with E-state index >= 15 is 0 Å². The number of carbonyl (C=O) groups excluding carboxylic acids is 1. The number of hydrogen-bond donors (Lipinski definition) is 2.